The van der Waals surface area contributed by atoms with Gasteiger partial charge in [-0.1, -0.05) is 46.2 Å². The minimum absolute atomic E-state index is 0.719. The molecular formula is C17H14BrClN2S. The maximum Gasteiger partial charge on any atom is 0.120 e. The van der Waals surface area contributed by atoms with Crippen LogP contribution in [0.5, 0.6) is 0 Å². The molecule has 0 aliphatic heterocycles. The topological polar surface area (TPSA) is 17.8 Å². The molecule has 0 aliphatic carbocycles. The normalized spacial score (nSPS) is 11.0. The lowest BCUT2D eigenvalue weighted by molar-refractivity contribution is 0.795. The van der Waals surface area contributed by atoms with Crippen LogP contribution in [0, 0.1) is 0 Å². The van der Waals surface area contributed by atoms with Gasteiger partial charge in [0.05, 0.1) is 23.3 Å². The number of thioether (sulfide) groups is 1. The third-order valence-corrected chi connectivity index (χ3v) is 4.76. The number of benzene rings is 2. The van der Waals surface area contributed by atoms with Crippen molar-refractivity contribution in [3.63, 3.8) is 0 Å². The first-order chi connectivity index (χ1) is 10.6. The fourth-order valence-corrected chi connectivity index (χ4v) is 3.48. The molecule has 1 aromatic heterocycles. The lowest BCUT2D eigenvalue weighted by atomic mass is 10.3. The van der Waals surface area contributed by atoms with Gasteiger partial charge >= 0.3 is 0 Å². The van der Waals surface area contributed by atoms with Crippen molar-refractivity contribution in [2.24, 2.45) is 0 Å². The van der Waals surface area contributed by atoms with Crippen LogP contribution in [0.4, 0.5) is 0 Å². The zero-order valence-corrected chi connectivity index (χ0v) is 15.0. The van der Waals surface area contributed by atoms with Crippen LogP contribution < -0.4 is 0 Å². The zero-order valence-electron chi connectivity index (χ0n) is 11.8. The highest BCUT2D eigenvalue weighted by atomic mass is 79.9. The summed E-state index contributed by atoms with van der Waals surface area (Å²) >= 11 is 11.1. The summed E-state index contributed by atoms with van der Waals surface area (Å²) in [6.07, 6.45) is 0. The summed E-state index contributed by atoms with van der Waals surface area (Å²) in [7, 11) is 0. The number of para-hydroxylation sites is 2. The maximum atomic E-state index is 5.92. The van der Waals surface area contributed by atoms with E-state index >= 15 is 0 Å². The summed E-state index contributed by atoms with van der Waals surface area (Å²) in [5.41, 5.74) is 2.15. The first kappa shape index (κ1) is 15.7. The smallest absolute Gasteiger partial charge is 0.120 e. The lowest BCUT2D eigenvalue weighted by Gasteiger charge is -2.08. The molecule has 0 N–H and O–H groups in total. The van der Waals surface area contributed by atoms with Crippen molar-refractivity contribution in [3.8, 4) is 0 Å². The van der Waals surface area contributed by atoms with E-state index in [4.69, 9.17) is 16.6 Å². The molecule has 0 amide bonds. The maximum absolute atomic E-state index is 5.92. The average molecular weight is 394 g/mol. The molecule has 0 fully saturated rings. The fraction of sp³-hybridized carbons (Fsp3) is 0.118. The van der Waals surface area contributed by atoms with E-state index in [0.717, 1.165) is 38.7 Å². The average Bonchev–Trinajstić information content (AvgIpc) is 2.84. The Morgan fingerprint density at radius 2 is 1.91 bits per heavy atom. The van der Waals surface area contributed by atoms with E-state index in [2.05, 4.69) is 33.1 Å². The summed E-state index contributed by atoms with van der Waals surface area (Å²) in [4.78, 5) is 5.93. The number of allylic oxidation sites excluding steroid dienone is 1. The molecule has 0 saturated heterocycles. The molecular weight excluding hydrogens is 380 g/mol. The Bertz CT molecular complexity index is 811. The van der Waals surface area contributed by atoms with Crippen LogP contribution in [-0.4, -0.2) is 9.55 Å². The molecule has 0 radical (unpaired) electrons. The van der Waals surface area contributed by atoms with Crippen LogP contribution >= 0.6 is 39.3 Å². The van der Waals surface area contributed by atoms with E-state index in [1.165, 1.54) is 4.90 Å². The SMILES string of the molecule is C=C(Br)Cn1c(CSc2ccc(Cl)cc2)nc2ccccc21. The van der Waals surface area contributed by atoms with Crippen molar-refractivity contribution in [2.75, 3.05) is 0 Å². The molecule has 112 valence electrons. The summed E-state index contributed by atoms with van der Waals surface area (Å²) in [5, 5.41) is 0.757. The van der Waals surface area contributed by atoms with E-state index in [9.17, 15) is 0 Å². The van der Waals surface area contributed by atoms with Gasteiger partial charge in [0.25, 0.3) is 0 Å². The lowest BCUT2D eigenvalue weighted by Crippen LogP contribution is -2.02. The minimum atomic E-state index is 0.719. The molecule has 0 unspecified atom stereocenters. The number of hydrogen-bond donors (Lipinski definition) is 0. The van der Waals surface area contributed by atoms with Crippen molar-refractivity contribution in [3.05, 3.63) is 70.4 Å². The van der Waals surface area contributed by atoms with Gasteiger partial charge in [0.15, 0.2) is 0 Å². The molecule has 0 atom stereocenters. The van der Waals surface area contributed by atoms with Crippen molar-refractivity contribution in [2.45, 2.75) is 17.2 Å². The standard InChI is InChI=1S/C17H14BrClN2S/c1-12(18)10-21-16-5-3-2-4-15(16)20-17(21)11-22-14-8-6-13(19)7-9-14/h2-9H,1,10-11H2. The monoisotopic (exact) mass is 392 g/mol. The Kier molecular flexibility index (Phi) is 4.91. The zero-order chi connectivity index (χ0) is 15.5. The van der Waals surface area contributed by atoms with E-state index in [1.807, 2.05) is 42.5 Å². The molecule has 3 aromatic rings. The van der Waals surface area contributed by atoms with Crippen molar-refractivity contribution in [1.82, 2.24) is 9.55 Å². The van der Waals surface area contributed by atoms with Crippen LogP contribution in [0.3, 0.4) is 0 Å². The highest BCUT2D eigenvalue weighted by molar-refractivity contribution is 9.11. The van der Waals surface area contributed by atoms with Gasteiger partial charge in [0, 0.05) is 14.4 Å². The summed E-state index contributed by atoms with van der Waals surface area (Å²) < 4.78 is 3.14. The Labute approximate surface area is 147 Å². The van der Waals surface area contributed by atoms with Crippen LogP contribution in [0.1, 0.15) is 5.82 Å². The molecule has 0 bridgehead atoms. The third kappa shape index (κ3) is 3.57. The Morgan fingerprint density at radius 1 is 1.18 bits per heavy atom. The first-order valence-corrected chi connectivity index (χ1v) is 8.95. The van der Waals surface area contributed by atoms with Gasteiger partial charge in [-0.2, -0.15) is 0 Å². The van der Waals surface area contributed by atoms with E-state index in [1.54, 1.807) is 11.8 Å². The number of hydrogen-bond acceptors (Lipinski definition) is 2. The van der Waals surface area contributed by atoms with Gasteiger partial charge < -0.3 is 4.57 Å². The van der Waals surface area contributed by atoms with Gasteiger partial charge in [-0.05, 0) is 36.4 Å². The summed E-state index contributed by atoms with van der Waals surface area (Å²) in [6.45, 7) is 4.67. The van der Waals surface area contributed by atoms with Gasteiger partial charge in [-0.3, -0.25) is 0 Å². The first-order valence-electron chi connectivity index (χ1n) is 6.79. The van der Waals surface area contributed by atoms with Crippen molar-refractivity contribution < 1.29 is 0 Å². The number of rotatable bonds is 5. The van der Waals surface area contributed by atoms with Gasteiger partial charge in [-0.15, -0.1) is 11.8 Å². The molecule has 0 aliphatic rings. The number of halogens is 2. The second-order valence-corrected chi connectivity index (χ2v) is 7.47. The minimum Gasteiger partial charge on any atom is -0.322 e. The second-order valence-electron chi connectivity index (χ2n) is 4.86. The largest absolute Gasteiger partial charge is 0.322 e. The molecule has 2 nitrogen and oxygen atoms in total. The number of imidazole rings is 1. The molecule has 1 heterocycles. The van der Waals surface area contributed by atoms with E-state index in [-0.39, 0.29) is 0 Å². The number of aromatic nitrogens is 2. The quantitative estimate of drug-likeness (QED) is 0.503. The van der Waals surface area contributed by atoms with Gasteiger partial charge in [-0.25, -0.2) is 4.98 Å². The summed E-state index contributed by atoms with van der Waals surface area (Å²) in [6, 6.07) is 16.1. The molecule has 3 rings (SSSR count). The summed E-state index contributed by atoms with van der Waals surface area (Å²) in [5.74, 6) is 1.85. The highest BCUT2D eigenvalue weighted by Crippen LogP contribution is 2.27. The molecule has 0 spiro atoms. The number of nitrogens with zero attached hydrogens (tertiary/aromatic N) is 2. The Hall–Kier alpha value is -1.23. The molecule has 0 saturated carbocycles. The number of fused-ring (bicyclic) bond motifs is 1. The van der Waals surface area contributed by atoms with Gasteiger partial charge in [0.2, 0.25) is 0 Å². The highest BCUT2D eigenvalue weighted by Gasteiger charge is 2.11. The molecule has 22 heavy (non-hydrogen) atoms. The fourth-order valence-electron chi connectivity index (χ4n) is 2.26. The van der Waals surface area contributed by atoms with Crippen LogP contribution in [0.25, 0.3) is 11.0 Å². The Morgan fingerprint density at radius 3 is 2.64 bits per heavy atom. The predicted molar refractivity (Wildman–Crippen MR) is 98.8 cm³/mol. The molecule has 2 aromatic carbocycles. The third-order valence-electron chi connectivity index (χ3n) is 3.24. The van der Waals surface area contributed by atoms with Gasteiger partial charge in [0.1, 0.15) is 5.82 Å². The Balaban J connectivity index is 1.88. The molecule has 5 heteroatoms. The van der Waals surface area contributed by atoms with Crippen LogP contribution in [0.15, 0.2) is 64.5 Å². The second kappa shape index (κ2) is 6.90. The van der Waals surface area contributed by atoms with Crippen molar-refractivity contribution in [1.29, 1.82) is 0 Å². The van der Waals surface area contributed by atoms with E-state index in [0.29, 0.717) is 0 Å². The van der Waals surface area contributed by atoms with E-state index < -0.39 is 0 Å². The predicted octanol–water partition coefficient (Wildman–Crippen LogP) is 5.89. The van der Waals surface area contributed by atoms with Crippen LogP contribution in [0.2, 0.25) is 5.02 Å². The van der Waals surface area contributed by atoms with Crippen LogP contribution in [-0.2, 0) is 12.3 Å². The van der Waals surface area contributed by atoms with Crippen molar-refractivity contribution >= 4 is 50.3 Å².